The van der Waals surface area contributed by atoms with Crippen molar-refractivity contribution in [2.45, 2.75) is 75.9 Å². The van der Waals surface area contributed by atoms with E-state index in [1.807, 2.05) is 45.0 Å². The minimum atomic E-state index is -0.753. The third kappa shape index (κ3) is 5.39. The van der Waals surface area contributed by atoms with Crippen LogP contribution in [0.5, 0.6) is 5.75 Å². The van der Waals surface area contributed by atoms with Crippen LogP contribution in [0.3, 0.4) is 0 Å². The van der Waals surface area contributed by atoms with E-state index in [1.54, 1.807) is 18.2 Å². The number of carbonyl (C=O) groups is 2. The maximum atomic E-state index is 12.8. The first-order valence-corrected chi connectivity index (χ1v) is 12.7. The molecule has 2 unspecified atom stereocenters. The predicted molar refractivity (Wildman–Crippen MR) is 137 cm³/mol. The Bertz CT molecular complexity index is 1150. The van der Waals surface area contributed by atoms with Crippen LogP contribution in [0.15, 0.2) is 42.5 Å². The fourth-order valence-corrected chi connectivity index (χ4v) is 5.38. The first kappa shape index (κ1) is 25.7. The van der Waals surface area contributed by atoms with Gasteiger partial charge in [-0.1, -0.05) is 25.0 Å². The van der Waals surface area contributed by atoms with E-state index in [2.05, 4.69) is 11.4 Å². The summed E-state index contributed by atoms with van der Waals surface area (Å²) in [6.45, 7) is 6.57. The number of nitrogens with zero attached hydrogens (tertiary/aromatic N) is 1. The zero-order valence-electron chi connectivity index (χ0n) is 21.3. The predicted octanol–water partition coefficient (Wildman–Crippen LogP) is 4.34. The van der Waals surface area contributed by atoms with Crippen molar-refractivity contribution in [1.29, 1.82) is 5.26 Å². The molecule has 0 spiro atoms. The van der Waals surface area contributed by atoms with Crippen LogP contribution in [0, 0.1) is 11.3 Å². The minimum absolute atomic E-state index is 0.146. The molecule has 0 aromatic heterocycles. The number of fused-ring (bicyclic) bond motifs is 1. The summed E-state index contributed by atoms with van der Waals surface area (Å²) in [6.07, 6.45) is 4.36. The van der Waals surface area contributed by atoms with Gasteiger partial charge in [0, 0.05) is 29.0 Å². The van der Waals surface area contributed by atoms with Crippen molar-refractivity contribution >= 4 is 11.9 Å². The van der Waals surface area contributed by atoms with Crippen molar-refractivity contribution in [1.82, 2.24) is 5.32 Å². The minimum Gasteiger partial charge on any atom is -0.493 e. The van der Waals surface area contributed by atoms with E-state index in [-0.39, 0.29) is 17.8 Å². The van der Waals surface area contributed by atoms with Crippen molar-refractivity contribution in [2.24, 2.45) is 5.73 Å². The highest BCUT2D eigenvalue weighted by Gasteiger charge is 2.46. The Kier molecular flexibility index (Phi) is 7.37. The number of nitriles is 1. The molecule has 3 N–H and O–H groups in total. The Morgan fingerprint density at radius 3 is 2.53 bits per heavy atom. The highest BCUT2D eigenvalue weighted by molar-refractivity contribution is 5.94. The molecule has 2 aliphatic rings. The van der Waals surface area contributed by atoms with Gasteiger partial charge in [-0.25, -0.2) is 0 Å². The second-order valence-corrected chi connectivity index (χ2v) is 10.9. The standard InChI is InChI=1S/C29H35N3O4/c1-28(2,3)36-27(34)25(31)29(13-4-5-14-29)22-9-7-20(8-10-22)26(33)32-15-12-21-18-35-24-11-6-19(17-30)16-23(21)24/h6-11,16,21,25H,4-5,12-15,18,31H2,1-3H3,(H,32,33). The van der Waals surface area contributed by atoms with Crippen LogP contribution in [0.4, 0.5) is 0 Å². The number of nitrogens with two attached hydrogens (primary N) is 1. The first-order chi connectivity index (χ1) is 17.1. The Labute approximate surface area is 213 Å². The maximum Gasteiger partial charge on any atom is 0.324 e. The Morgan fingerprint density at radius 2 is 1.89 bits per heavy atom. The monoisotopic (exact) mass is 489 g/mol. The molecule has 7 heteroatoms. The van der Waals surface area contributed by atoms with E-state index in [1.165, 1.54) is 0 Å². The molecular formula is C29H35N3O4. The Morgan fingerprint density at radius 1 is 1.19 bits per heavy atom. The number of nitrogens with one attached hydrogen (secondary N) is 1. The Hall–Kier alpha value is -3.37. The maximum absolute atomic E-state index is 12.8. The molecule has 1 saturated carbocycles. The molecule has 1 amide bonds. The van der Waals surface area contributed by atoms with Gasteiger partial charge in [0.1, 0.15) is 17.4 Å². The summed E-state index contributed by atoms with van der Waals surface area (Å²) < 4.78 is 11.3. The molecule has 1 heterocycles. The van der Waals surface area contributed by atoms with Crippen LogP contribution in [0.2, 0.25) is 0 Å². The molecule has 1 aliphatic carbocycles. The van der Waals surface area contributed by atoms with Gasteiger partial charge < -0.3 is 20.5 Å². The lowest BCUT2D eigenvalue weighted by atomic mass is 9.72. The largest absolute Gasteiger partial charge is 0.493 e. The second kappa shape index (κ2) is 10.3. The fraction of sp³-hybridized carbons (Fsp3) is 0.483. The first-order valence-electron chi connectivity index (χ1n) is 12.7. The van der Waals surface area contributed by atoms with Gasteiger partial charge in [0.15, 0.2) is 0 Å². The van der Waals surface area contributed by atoms with Gasteiger partial charge >= 0.3 is 5.97 Å². The van der Waals surface area contributed by atoms with Gasteiger partial charge in [-0.15, -0.1) is 0 Å². The van der Waals surface area contributed by atoms with E-state index in [0.29, 0.717) is 24.3 Å². The Balaban J connectivity index is 1.38. The van der Waals surface area contributed by atoms with E-state index >= 15 is 0 Å². The lowest BCUT2D eigenvalue weighted by molar-refractivity contribution is -0.158. The van der Waals surface area contributed by atoms with Gasteiger partial charge in [-0.2, -0.15) is 5.26 Å². The summed E-state index contributed by atoms with van der Waals surface area (Å²) in [7, 11) is 0. The van der Waals surface area contributed by atoms with Crippen LogP contribution in [-0.4, -0.2) is 36.7 Å². The molecule has 0 radical (unpaired) electrons. The van der Waals surface area contributed by atoms with Crippen LogP contribution in [0.25, 0.3) is 0 Å². The molecular weight excluding hydrogens is 454 g/mol. The van der Waals surface area contributed by atoms with Crippen molar-refractivity contribution in [3.05, 3.63) is 64.7 Å². The van der Waals surface area contributed by atoms with Gasteiger partial charge in [-0.3, -0.25) is 9.59 Å². The summed E-state index contributed by atoms with van der Waals surface area (Å²) >= 11 is 0. The van der Waals surface area contributed by atoms with Crippen LogP contribution in [0.1, 0.15) is 85.8 Å². The van der Waals surface area contributed by atoms with E-state index in [4.69, 9.17) is 20.5 Å². The highest BCUT2D eigenvalue weighted by atomic mass is 16.6. The number of rotatable bonds is 7. The molecule has 2 atom stereocenters. The second-order valence-electron chi connectivity index (χ2n) is 10.9. The summed E-state index contributed by atoms with van der Waals surface area (Å²) in [5.41, 5.74) is 8.59. The van der Waals surface area contributed by atoms with Gasteiger partial charge in [0.05, 0.1) is 18.2 Å². The van der Waals surface area contributed by atoms with Crippen LogP contribution in [-0.2, 0) is 14.9 Å². The normalized spacial score (nSPS) is 19.0. The van der Waals surface area contributed by atoms with Crippen LogP contribution >= 0.6 is 0 Å². The topological polar surface area (TPSA) is 114 Å². The zero-order chi connectivity index (χ0) is 25.9. The molecule has 36 heavy (non-hydrogen) atoms. The number of hydrogen-bond donors (Lipinski definition) is 2. The lowest BCUT2D eigenvalue weighted by Gasteiger charge is -2.36. The number of benzene rings is 2. The highest BCUT2D eigenvalue weighted by Crippen LogP contribution is 2.44. The van der Waals surface area contributed by atoms with Crippen molar-refractivity contribution in [3.8, 4) is 11.8 Å². The number of amides is 1. The van der Waals surface area contributed by atoms with Crippen molar-refractivity contribution in [2.75, 3.05) is 13.2 Å². The van der Waals surface area contributed by atoms with E-state index < -0.39 is 17.1 Å². The molecule has 4 rings (SSSR count). The summed E-state index contributed by atoms with van der Waals surface area (Å²) in [5.74, 6) is 0.424. The average molecular weight is 490 g/mol. The molecule has 1 fully saturated rings. The number of hydrogen-bond acceptors (Lipinski definition) is 6. The molecule has 2 aromatic carbocycles. The van der Waals surface area contributed by atoms with E-state index in [0.717, 1.165) is 49.0 Å². The lowest BCUT2D eigenvalue weighted by Crippen LogP contribution is -2.51. The third-order valence-corrected chi connectivity index (χ3v) is 7.27. The SMILES string of the molecule is CC(C)(C)OC(=O)C(N)C1(c2ccc(C(=O)NCCC3COc4ccc(C#N)cc43)cc2)CCCC1. The summed E-state index contributed by atoms with van der Waals surface area (Å²) in [6, 6.07) is 14.3. The van der Waals surface area contributed by atoms with Crippen LogP contribution < -0.4 is 15.8 Å². The molecule has 7 nitrogen and oxygen atoms in total. The van der Waals surface area contributed by atoms with Crippen molar-refractivity contribution in [3.63, 3.8) is 0 Å². The molecule has 0 saturated heterocycles. The zero-order valence-corrected chi connectivity index (χ0v) is 21.3. The average Bonchev–Trinajstić information content (AvgIpc) is 3.50. The summed E-state index contributed by atoms with van der Waals surface area (Å²) in [4.78, 5) is 25.6. The quantitative estimate of drug-likeness (QED) is 0.560. The number of ether oxygens (including phenoxy) is 2. The number of esters is 1. The molecule has 190 valence electrons. The number of carbonyl (C=O) groups excluding carboxylic acids is 2. The molecule has 0 bridgehead atoms. The fourth-order valence-electron chi connectivity index (χ4n) is 5.38. The molecule has 1 aliphatic heterocycles. The van der Waals surface area contributed by atoms with Gasteiger partial charge in [0.2, 0.25) is 0 Å². The smallest absolute Gasteiger partial charge is 0.324 e. The van der Waals surface area contributed by atoms with E-state index in [9.17, 15) is 9.59 Å². The molecule has 2 aromatic rings. The van der Waals surface area contributed by atoms with Gasteiger partial charge in [-0.05, 0) is 75.9 Å². The third-order valence-electron chi connectivity index (χ3n) is 7.27. The van der Waals surface area contributed by atoms with Crippen molar-refractivity contribution < 1.29 is 19.1 Å². The summed E-state index contributed by atoms with van der Waals surface area (Å²) in [5, 5.41) is 12.2. The van der Waals surface area contributed by atoms with Gasteiger partial charge in [0.25, 0.3) is 5.91 Å².